The van der Waals surface area contributed by atoms with Crippen LogP contribution in [0.15, 0.2) is 35.2 Å². The lowest BCUT2D eigenvalue weighted by molar-refractivity contribution is 0.297. The summed E-state index contributed by atoms with van der Waals surface area (Å²) in [6.45, 7) is 1.93. The van der Waals surface area contributed by atoms with E-state index in [0.717, 1.165) is 23.3 Å². The molecule has 150 valence electrons. The van der Waals surface area contributed by atoms with Crippen LogP contribution in [0.25, 0.3) is 0 Å². The fourth-order valence-corrected chi connectivity index (χ4v) is 4.95. The first-order valence-electron chi connectivity index (χ1n) is 9.16. The van der Waals surface area contributed by atoms with Gasteiger partial charge in [0.1, 0.15) is 0 Å². The highest BCUT2D eigenvalue weighted by atomic mass is 32.2. The zero-order valence-electron chi connectivity index (χ0n) is 15.9. The molecule has 2 aliphatic rings. The van der Waals surface area contributed by atoms with E-state index in [4.69, 9.17) is 18.9 Å². The summed E-state index contributed by atoms with van der Waals surface area (Å²) >= 11 is 0. The molecule has 0 spiro atoms. The average Bonchev–Trinajstić information content (AvgIpc) is 2.95. The second-order valence-corrected chi connectivity index (χ2v) is 8.66. The number of hydrogen-bond acceptors (Lipinski definition) is 6. The first-order valence-corrected chi connectivity index (χ1v) is 10.6. The molecule has 2 aromatic rings. The van der Waals surface area contributed by atoms with E-state index < -0.39 is 10.0 Å². The van der Waals surface area contributed by atoms with Crippen molar-refractivity contribution in [3.63, 3.8) is 0 Å². The molecule has 0 N–H and O–H groups in total. The van der Waals surface area contributed by atoms with E-state index in [-0.39, 0.29) is 4.90 Å². The maximum absolute atomic E-state index is 13.2. The van der Waals surface area contributed by atoms with E-state index in [9.17, 15) is 8.42 Å². The predicted octanol–water partition coefficient (Wildman–Crippen LogP) is 2.61. The van der Waals surface area contributed by atoms with Gasteiger partial charge in [-0.3, -0.25) is 0 Å². The van der Waals surface area contributed by atoms with Crippen LogP contribution in [0.3, 0.4) is 0 Å². The van der Waals surface area contributed by atoms with Crippen molar-refractivity contribution >= 4 is 10.0 Å². The molecule has 0 aromatic heterocycles. The number of methoxy groups -OCH3 is 2. The topological polar surface area (TPSA) is 74.3 Å². The Balaban J connectivity index is 1.64. The molecule has 2 aromatic carbocycles. The largest absolute Gasteiger partial charge is 0.493 e. The Bertz CT molecular complexity index is 988. The molecule has 0 amide bonds. The monoisotopic (exact) mass is 405 g/mol. The Morgan fingerprint density at radius 1 is 0.929 bits per heavy atom. The Morgan fingerprint density at radius 2 is 1.61 bits per heavy atom. The number of ether oxygens (including phenoxy) is 4. The van der Waals surface area contributed by atoms with Crippen LogP contribution in [0.4, 0.5) is 0 Å². The minimum absolute atomic E-state index is 0.183. The summed E-state index contributed by atoms with van der Waals surface area (Å²) in [5, 5.41) is 0. The van der Waals surface area contributed by atoms with E-state index in [2.05, 4.69) is 0 Å². The van der Waals surface area contributed by atoms with Gasteiger partial charge in [-0.05, 0) is 41.8 Å². The summed E-state index contributed by atoms with van der Waals surface area (Å²) in [5.41, 5.74) is 2.04. The average molecular weight is 405 g/mol. The van der Waals surface area contributed by atoms with Gasteiger partial charge >= 0.3 is 0 Å². The highest BCUT2D eigenvalue weighted by Gasteiger charge is 2.30. The maximum atomic E-state index is 13.2. The molecular formula is C20H23NO6S. The number of sulfonamides is 1. The third-order valence-corrected chi connectivity index (χ3v) is 6.88. The van der Waals surface area contributed by atoms with Crippen molar-refractivity contribution in [3.05, 3.63) is 41.5 Å². The van der Waals surface area contributed by atoms with Gasteiger partial charge in [0.05, 0.1) is 32.3 Å². The Morgan fingerprint density at radius 3 is 2.29 bits per heavy atom. The molecule has 28 heavy (non-hydrogen) atoms. The van der Waals surface area contributed by atoms with Crippen LogP contribution in [0, 0.1) is 0 Å². The molecule has 0 saturated carbocycles. The number of rotatable bonds is 4. The van der Waals surface area contributed by atoms with Gasteiger partial charge in [-0.15, -0.1) is 0 Å². The summed E-state index contributed by atoms with van der Waals surface area (Å²) < 4.78 is 49.8. The molecule has 4 rings (SSSR count). The van der Waals surface area contributed by atoms with E-state index >= 15 is 0 Å². The van der Waals surface area contributed by atoms with Gasteiger partial charge in [0.2, 0.25) is 10.0 Å². The lowest BCUT2D eigenvalue weighted by Crippen LogP contribution is -2.36. The van der Waals surface area contributed by atoms with Gasteiger partial charge in [0.15, 0.2) is 23.0 Å². The SMILES string of the molecule is COc1ccc(S(=O)(=O)N2CCc3cc4c(cc3C2)OCCCO4)cc1OC. The fourth-order valence-electron chi connectivity index (χ4n) is 3.52. The second kappa shape index (κ2) is 7.52. The van der Waals surface area contributed by atoms with E-state index in [1.807, 2.05) is 12.1 Å². The van der Waals surface area contributed by atoms with Gasteiger partial charge in [-0.25, -0.2) is 8.42 Å². The van der Waals surface area contributed by atoms with Crippen molar-refractivity contribution in [2.24, 2.45) is 0 Å². The first-order chi connectivity index (χ1) is 13.5. The van der Waals surface area contributed by atoms with Gasteiger partial charge in [-0.1, -0.05) is 0 Å². The Labute approximate surface area is 164 Å². The van der Waals surface area contributed by atoms with E-state index in [1.165, 1.54) is 24.6 Å². The molecule has 0 atom stereocenters. The molecule has 0 aliphatic carbocycles. The molecule has 0 unspecified atom stereocenters. The number of hydrogen-bond donors (Lipinski definition) is 0. The fraction of sp³-hybridized carbons (Fsp3) is 0.400. The molecule has 0 saturated heterocycles. The normalized spacial score (nSPS) is 16.8. The van der Waals surface area contributed by atoms with Gasteiger partial charge in [0, 0.05) is 25.6 Å². The summed E-state index contributed by atoms with van der Waals surface area (Å²) in [6.07, 6.45) is 1.46. The van der Waals surface area contributed by atoms with Crippen molar-refractivity contribution in [3.8, 4) is 23.0 Å². The van der Waals surface area contributed by atoms with Crippen LogP contribution in [0.1, 0.15) is 17.5 Å². The zero-order valence-corrected chi connectivity index (χ0v) is 16.8. The van der Waals surface area contributed by atoms with E-state index in [0.29, 0.717) is 50.0 Å². The van der Waals surface area contributed by atoms with Crippen LogP contribution >= 0.6 is 0 Å². The highest BCUT2D eigenvalue weighted by Crippen LogP contribution is 2.37. The van der Waals surface area contributed by atoms with Crippen molar-refractivity contribution < 1.29 is 27.4 Å². The van der Waals surface area contributed by atoms with Gasteiger partial charge in [-0.2, -0.15) is 4.31 Å². The number of benzene rings is 2. The van der Waals surface area contributed by atoms with E-state index in [1.54, 1.807) is 12.1 Å². The molecule has 2 heterocycles. The predicted molar refractivity (Wildman–Crippen MR) is 103 cm³/mol. The Hall–Kier alpha value is -2.45. The third kappa shape index (κ3) is 3.38. The first kappa shape index (κ1) is 18.9. The molecular weight excluding hydrogens is 382 g/mol. The zero-order chi connectivity index (χ0) is 19.7. The number of fused-ring (bicyclic) bond motifs is 2. The summed E-state index contributed by atoms with van der Waals surface area (Å²) in [6, 6.07) is 8.54. The van der Waals surface area contributed by atoms with Gasteiger partial charge < -0.3 is 18.9 Å². The molecule has 7 nitrogen and oxygen atoms in total. The van der Waals surface area contributed by atoms with Crippen LogP contribution in [0.2, 0.25) is 0 Å². The smallest absolute Gasteiger partial charge is 0.243 e. The molecule has 0 fully saturated rings. The lowest BCUT2D eigenvalue weighted by atomic mass is 10.0. The van der Waals surface area contributed by atoms with Crippen LogP contribution < -0.4 is 18.9 Å². The van der Waals surface area contributed by atoms with Crippen molar-refractivity contribution in [2.75, 3.05) is 34.0 Å². The lowest BCUT2D eigenvalue weighted by Gasteiger charge is -2.29. The number of nitrogens with zero attached hydrogens (tertiary/aromatic N) is 1. The quantitative estimate of drug-likeness (QED) is 0.779. The van der Waals surface area contributed by atoms with Gasteiger partial charge in [0.25, 0.3) is 0 Å². The van der Waals surface area contributed by atoms with Crippen LogP contribution in [-0.2, 0) is 23.0 Å². The molecule has 0 radical (unpaired) electrons. The highest BCUT2D eigenvalue weighted by molar-refractivity contribution is 7.89. The molecule has 2 aliphatic heterocycles. The Kier molecular flexibility index (Phi) is 5.07. The molecule has 8 heteroatoms. The van der Waals surface area contributed by atoms with Crippen molar-refractivity contribution in [1.29, 1.82) is 0 Å². The van der Waals surface area contributed by atoms with Crippen molar-refractivity contribution in [1.82, 2.24) is 4.31 Å². The maximum Gasteiger partial charge on any atom is 0.243 e. The summed E-state index contributed by atoms with van der Waals surface area (Å²) in [7, 11) is -0.664. The molecule has 0 bridgehead atoms. The minimum atomic E-state index is -3.67. The minimum Gasteiger partial charge on any atom is -0.493 e. The second-order valence-electron chi connectivity index (χ2n) is 6.72. The van der Waals surface area contributed by atoms with Crippen LogP contribution in [0.5, 0.6) is 23.0 Å². The third-order valence-electron chi connectivity index (χ3n) is 5.04. The van der Waals surface area contributed by atoms with Crippen LogP contribution in [-0.4, -0.2) is 46.7 Å². The van der Waals surface area contributed by atoms with Crippen molar-refractivity contribution in [2.45, 2.75) is 24.3 Å². The summed E-state index contributed by atoms with van der Waals surface area (Å²) in [5.74, 6) is 2.30. The standard InChI is InChI=1S/C20H23NO6S/c1-24-17-5-4-16(12-18(17)25-2)28(22,23)21-7-6-14-10-19-20(11-15(14)13-21)27-9-3-8-26-19/h4-5,10-12H,3,6-9,13H2,1-2H3. The summed E-state index contributed by atoms with van der Waals surface area (Å²) in [4.78, 5) is 0.183.